The number of allylic oxidation sites excluding steroid dienone is 5. The average Bonchev–Trinajstić information content (AvgIpc) is 0.780. The van der Waals surface area contributed by atoms with Crippen LogP contribution in [0.3, 0.4) is 0 Å². The van der Waals surface area contributed by atoms with Crippen LogP contribution in [0.5, 0.6) is 0 Å². The van der Waals surface area contributed by atoms with E-state index in [1.54, 1.807) is 6.08 Å². The normalized spacial score (nSPS) is 25.1. The van der Waals surface area contributed by atoms with Gasteiger partial charge in [0.2, 0.25) is 5.91 Å². The van der Waals surface area contributed by atoms with Crippen molar-refractivity contribution in [3.05, 3.63) is 36.5 Å². The third-order valence-electron chi connectivity index (χ3n) is 23.4. The van der Waals surface area contributed by atoms with Gasteiger partial charge in [-0.2, -0.15) is 0 Å². The fraction of sp³-hybridized carbons (Fsp3) is 0.924. The first-order chi connectivity index (χ1) is 54.3. The summed E-state index contributed by atoms with van der Waals surface area (Å²) in [6.07, 6.45) is 66.1. The molecular weight excluding hydrogens is 1410 g/mol. The van der Waals surface area contributed by atoms with Crippen molar-refractivity contribution in [2.75, 3.05) is 26.4 Å². The molecule has 3 aliphatic heterocycles. The van der Waals surface area contributed by atoms with Crippen LogP contribution in [-0.4, -0.2) is 193 Å². The summed E-state index contributed by atoms with van der Waals surface area (Å²) in [6.45, 7) is 1.79. The first kappa shape index (κ1) is 103. The predicted octanol–water partition coefficient (Wildman–Crippen LogP) is 18.2. The van der Waals surface area contributed by atoms with Gasteiger partial charge >= 0.3 is 0 Å². The Morgan fingerprint density at radius 3 is 0.901 bits per heavy atom. The third kappa shape index (κ3) is 50.5. The van der Waals surface area contributed by atoms with E-state index in [0.717, 1.165) is 44.9 Å². The SMILES string of the molecule is CCCCCCCCCCCCCCCCCCCCCC/C=C/CC/C=C/CC/C=C/C(O)C(COC1OC(CO)C(OC2OC(CO)C(OC3OC(CO)C(O)C(O)C3O)C(O)C2O)C(O)C1O)NC(=O)CCCCCCCCCCCCCCCCCCCCCCCCCCCCCCCCCCCCCC. The van der Waals surface area contributed by atoms with Gasteiger partial charge in [-0.1, -0.05) is 397 Å². The third-order valence-corrected chi connectivity index (χ3v) is 23.4. The van der Waals surface area contributed by atoms with Gasteiger partial charge in [-0.25, -0.2) is 0 Å². The summed E-state index contributed by atoms with van der Waals surface area (Å²) in [4.78, 5) is 13.5. The van der Waals surface area contributed by atoms with Crippen molar-refractivity contribution in [1.29, 1.82) is 0 Å². The number of aliphatic hydroxyl groups excluding tert-OH is 11. The highest BCUT2D eigenvalue weighted by Crippen LogP contribution is 2.34. The number of carbonyl (C=O) groups is 1. The fourth-order valence-electron chi connectivity index (χ4n) is 16.0. The number of rotatable bonds is 77. The lowest BCUT2D eigenvalue weighted by atomic mass is 9.96. The molecule has 3 heterocycles. The predicted molar refractivity (Wildman–Crippen MR) is 448 cm³/mol. The molecule has 0 aromatic rings. The molecule has 0 aromatic heterocycles. The van der Waals surface area contributed by atoms with E-state index >= 15 is 0 Å². The summed E-state index contributed by atoms with van der Waals surface area (Å²) in [6, 6.07) is -0.997. The molecule has 0 bridgehead atoms. The van der Waals surface area contributed by atoms with Gasteiger partial charge in [-0.3, -0.25) is 4.79 Å². The summed E-state index contributed by atoms with van der Waals surface area (Å²) in [5.74, 6) is -0.281. The van der Waals surface area contributed by atoms with Crippen LogP contribution in [0.2, 0.25) is 0 Å². The zero-order chi connectivity index (χ0) is 80.3. The van der Waals surface area contributed by atoms with Gasteiger partial charge in [-0.05, 0) is 44.9 Å². The summed E-state index contributed by atoms with van der Waals surface area (Å²) in [7, 11) is 0. The summed E-state index contributed by atoms with van der Waals surface area (Å²) < 4.78 is 34.5. The van der Waals surface area contributed by atoms with E-state index in [2.05, 4.69) is 43.5 Å². The molecule has 19 heteroatoms. The van der Waals surface area contributed by atoms with Crippen molar-refractivity contribution >= 4 is 5.91 Å². The summed E-state index contributed by atoms with van der Waals surface area (Å²) >= 11 is 0. The van der Waals surface area contributed by atoms with Crippen LogP contribution in [0.1, 0.15) is 412 Å². The summed E-state index contributed by atoms with van der Waals surface area (Å²) in [5.41, 5.74) is 0. The Kier molecular flexibility index (Phi) is 67.0. The number of amides is 1. The lowest BCUT2D eigenvalue weighted by Crippen LogP contribution is -2.66. The van der Waals surface area contributed by atoms with Gasteiger partial charge in [-0.15, -0.1) is 0 Å². The Bertz CT molecular complexity index is 2140. The molecule has 3 rings (SSSR count). The average molecular weight is 1580 g/mol. The standard InChI is InChI=1S/C92H173NO18/c1-3-5-7-9-11-13-15-17-19-21-23-25-27-29-31-33-35-36-37-38-39-40-42-44-46-48-50-52-54-56-58-60-62-64-66-68-70-80(98)93-75(76(97)69-67-65-63-61-59-57-55-53-51-49-47-45-43-41-34-32-30-28-26-24-22-20-18-16-14-12-10-8-6-4-2)74-106-90-86(104)83(101)88(78(72-95)108-90)111-92-87(105)84(102)89(79(73-96)109-92)110-91-85(103)82(100)81(99)77(71-94)107-91/h51,53,59,61,67,69,75-79,81-92,94-97,99-105H,3-50,52,54-58,60,62-66,68,70-74H2,1-2H3,(H,93,98)/b53-51+,61-59+,69-67+. The highest BCUT2D eigenvalue weighted by Gasteiger charge is 2.54. The molecule has 0 saturated carbocycles. The first-order valence-corrected chi connectivity index (χ1v) is 46.7. The Morgan fingerprint density at radius 2 is 0.577 bits per heavy atom. The molecule has 654 valence electrons. The smallest absolute Gasteiger partial charge is 0.220 e. The van der Waals surface area contributed by atoms with Gasteiger partial charge in [0, 0.05) is 6.42 Å². The second kappa shape index (κ2) is 72.1. The molecule has 3 saturated heterocycles. The van der Waals surface area contributed by atoms with E-state index in [4.69, 9.17) is 28.4 Å². The minimum absolute atomic E-state index is 0.237. The molecule has 17 unspecified atom stereocenters. The fourth-order valence-corrected chi connectivity index (χ4v) is 16.0. The van der Waals surface area contributed by atoms with Crippen LogP contribution < -0.4 is 5.32 Å². The summed E-state index contributed by atoms with van der Waals surface area (Å²) in [5, 5.41) is 121. The molecule has 12 N–H and O–H groups in total. The van der Waals surface area contributed by atoms with Crippen molar-refractivity contribution in [2.45, 2.75) is 516 Å². The van der Waals surface area contributed by atoms with Crippen molar-refractivity contribution in [2.24, 2.45) is 0 Å². The first-order valence-electron chi connectivity index (χ1n) is 46.7. The van der Waals surface area contributed by atoms with Crippen LogP contribution in [0, 0.1) is 0 Å². The van der Waals surface area contributed by atoms with Crippen LogP contribution in [-0.2, 0) is 33.2 Å². The molecule has 111 heavy (non-hydrogen) atoms. The van der Waals surface area contributed by atoms with E-state index < -0.39 is 124 Å². The number of aliphatic hydroxyl groups is 11. The van der Waals surface area contributed by atoms with Gasteiger partial charge < -0.3 is 89.9 Å². The highest BCUT2D eigenvalue weighted by molar-refractivity contribution is 5.76. The topological polar surface area (TPSA) is 307 Å². The van der Waals surface area contributed by atoms with Crippen LogP contribution in [0.15, 0.2) is 36.5 Å². The van der Waals surface area contributed by atoms with E-state index in [-0.39, 0.29) is 18.9 Å². The van der Waals surface area contributed by atoms with E-state index in [0.29, 0.717) is 12.8 Å². The molecule has 0 spiro atoms. The Hall–Kier alpha value is -1.99. The zero-order valence-electron chi connectivity index (χ0n) is 70.7. The minimum atomic E-state index is -1.98. The lowest BCUT2D eigenvalue weighted by Gasteiger charge is -2.48. The highest BCUT2D eigenvalue weighted by atomic mass is 16.8. The molecule has 0 radical (unpaired) electrons. The molecule has 3 fully saturated rings. The Labute approximate surface area is 676 Å². The molecule has 3 aliphatic rings. The van der Waals surface area contributed by atoms with E-state index in [1.807, 2.05) is 6.08 Å². The van der Waals surface area contributed by atoms with Crippen molar-refractivity contribution < 1.29 is 89.4 Å². The number of hydrogen-bond donors (Lipinski definition) is 12. The molecule has 17 atom stereocenters. The largest absolute Gasteiger partial charge is 0.394 e. The zero-order valence-corrected chi connectivity index (χ0v) is 70.7. The Balaban J connectivity index is 1.32. The number of unbranched alkanes of at least 4 members (excludes halogenated alkanes) is 57. The maximum absolute atomic E-state index is 13.5. The maximum atomic E-state index is 13.5. The van der Waals surface area contributed by atoms with E-state index in [9.17, 15) is 61.0 Å². The van der Waals surface area contributed by atoms with Gasteiger partial charge in [0.05, 0.1) is 38.6 Å². The second-order valence-electron chi connectivity index (χ2n) is 33.5. The van der Waals surface area contributed by atoms with Crippen LogP contribution in [0.4, 0.5) is 0 Å². The second-order valence-corrected chi connectivity index (χ2v) is 33.5. The van der Waals surface area contributed by atoms with Crippen molar-refractivity contribution in [3.8, 4) is 0 Å². The van der Waals surface area contributed by atoms with Gasteiger partial charge in [0.15, 0.2) is 18.9 Å². The lowest BCUT2D eigenvalue weighted by molar-refractivity contribution is -0.379. The van der Waals surface area contributed by atoms with Crippen LogP contribution in [0.25, 0.3) is 0 Å². The molecular formula is C92H173NO18. The number of nitrogens with one attached hydrogen (secondary N) is 1. The maximum Gasteiger partial charge on any atom is 0.220 e. The molecule has 19 nitrogen and oxygen atoms in total. The quantitative estimate of drug-likeness (QED) is 0.0199. The molecule has 1 amide bonds. The minimum Gasteiger partial charge on any atom is -0.394 e. The number of carbonyl (C=O) groups excluding carboxylic acids is 1. The van der Waals surface area contributed by atoms with Gasteiger partial charge in [0.1, 0.15) is 73.2 Å². The van der Waals surface area contributed by atoms with Crippen LogP contribution >= 0.6 is 0 Å². The van der Waals surface area contributed by atoms with E-state index in [1.165, 1.54) is 334 Å². The monoisotopic (exact) mass is 1580 g/mol. The van der Waals surface area contributed by atoms with Gasteiger partial charge in [0.25, 0.3) is 0 Å². The van der Waals surface area contributed by atoms with Crippen molar-refractivity contribution in [3.63, 3.8) is 0 Å². The number of hydrogen-bond acceptors (Lipinski definition) is 18. The number of ether oxygens (including phenoxy) is 6. The molecule has 0 aromatic carbocycles. The molecule has 0 aliphatic carbocycles. The van der Waals surface area contributed by atoms with Crippen molar-refractivity contribution in [1.82, 2.24) is 5.32 Å². The Morgan fingerprint density at radius 1 is 0.315 bits per heavy atom.